The topological polar surface area (TPSA) is 57.0 Å². The number of nitrogens with zero attached hydrogens (tertiary/aromatic N) is 3. The Morgan fingerprint density at radius 1 is 1.39 bits per heavy atom. The van der Waals surface area contributed by atoms with Gasteiger partial charge in [0.05, 0.1) is 6.20 Å². The van der Waals surface area contributed by atoms with E-state index in [2.05, 4.69) is 10.3 Å². The second-order valence-electron chi connectivity index (χ2n) is 3.74. The van der Waals surface area contributed by atoms with Crippen LogP contribution in [0.2, 0.25) is 0 Å². The molecule has 0 aliphatic heterocycles. The Labute approximate surface area is 105 Å². The van der Waals surface area contributed by atoms with Gasteiger partial charge in [-0.1, -0.05) is 35.5 Å². The molecule has 5 nitrogen and oxygen atoms in total. The van der Waals surface area contributed by atoms with Crippen molar-refractivity contribution in [2.45, 2.75) is 6.61 Å². The maximum atomic E-state index is 11.4. The highest BCUT2D eigenvalue weighted by atomic mass is 16.5. The second kappa shape index (κ2) is 5.77. The molecule has 0 saturated carbocycles. The maximum absolute atomic E-state index is 11.4. The van der Waals surface area contributed by atoms with Crippen LogP contribution in [0.15, 0.2) is 42.6 Å². The molecule has 0 aliphatic carbocycles. The van der Waals surface area contributed by atoms with E-state index < -0.39 is 5.97 Å². The molecule has 0 atom stereocenters. The van der Waals surface area contributed by atoms with Crippen LogP contribution in [0.1, 0.15) is 11.3 Å². The fourth-order valence-electron chi connectivity index (χ4n) is 1.37. The zero-order chi connectivity index (χ0) is 12.8. The first-order chi connectivity index (χ1) is 8.74. The van der Waals surface area contributed by atoms with E-state index in [9.17, 15) is 4.79 Å². The molecule has 1 aromatic heterocycles. The van der Waals surface area contributed by atoms with Crippen molar-refractivity contribution in [2.75, 3.05) is 0 Å². The Morgan fingerprint density at radius 3 is 2.83 bits per heavy atom. The first kappa shape index (κ1) is 12.0. The van der Waals surface area contributed by atoms with Gasteiger partial charge in [0.1, 0.15) is 12.3 Å². The molecule has 0 bridgehead atoms. The Morgan fingerprint density at radius 2 is 2.17 bits per heavy atom. The van der Waals surface area contributed by atoms with Crippen LogP contribution < -0.4 is 0 Å². The van der Waals surface area contributed by atoms with Gasteiger partial charge in [-0.05, 0) is 11.6 Å². The lowest BCUT2D eigenvalue weighted by molar-refractivity contribution is -0.138. The van der Waals surface area contributed by atoms with Gasteiger partial charge in [0.25, 0.3) is 0 Å². The summed E-state index contributed by atoms with van der Waals surface area (Å²) in [5, 5.41) is 7.58. The molecule has 92 valence electrons. The quantitative estimate of drug-likeness (QED) is 0.604. The minimum Gasteiger partial charge on any atom is -0.458 e. The highest BCUT2D eigenvalue weighted by Crippen LogP contribution is 2.02. The van der Waals surface area contributed by atoms with Crippen molar-refractivity contribution >= 4 is 12.0 Å². The predicted molar refractivity (Wildman–Crippen MR) is 66.3 cm³/mol. The van der Waals surface area contributed by atoms with Crippen molar-refractivity contribution in [3.8, 4) is 0 Å². The van der Waals surface area contributed by atoms with E-state index in [1.807, 2.05) is 30.3 Å². The molecule has 5 heteroatoms. The zero-order valence-corrected chi connectivity index (χ0v) is 9.98. The van der Waals surface area contributed by atoms with Gasteiger partial charge in [-0.3, -0.25) is 4.68 Å². The first-order valence-corrected chi connectivity index (χ1v) is 5.49. The third kappa shape index (κ3) is 3.55. The number of hydrogen-bond donors (Lipinski definition) is 0. The van der Waals surface area contributed by atoms with E-state index in [0.29, 0.717) is 5.69 Å². The lowest BCUT2D eigenvalue weighted by Gasteiger charge is -2.00. The maximum Gasteiger partial charge on any atom is 0.331 e. The summed E-state index contributed by atoms with van der Waals surface area (Å²) in [6.07, 6.45) is 4.62. The molecule has 0 spiro atoms. The fraction of sp³-hybridized carbons (Fsp3) is 0.154. The van der Waals surface area contributed by atoms with E-state index in [1.54, 1.807) is 24.0 Å². The molecule has 0 fully saturated rings. The van der Waals surface area contributed by atoms with Crippen molar-refractivity contribution in [1.29, 1.82) is 0 Å². The fourth-order valence-corrected chi connectivity index (χ4v) is 1.37. The van der Waals surface area contributed by atoms with Crippen LogP contribution in [0.25, 0.3) is 6.08 Å². The van der Waals surface area contributed by atoms with Gasteiger partial charge in [-0.2, -0.15) is 0 Å². The number of rotatable bonds is 4. The van der Waals surface area contributed by atoms with Gasteiger partial charge in [-0.25, -0.2) is 4.79 Å². The summed E-state index contributed by atoms with van der Waals surface area (Å²) in [6.45, 7) is 0.268. The third-order valence-corrected chi connectivity index (χ3v) is 2.23. The first-order valence-electron chi connectivity index (χ1n) is 5.49. The lowest BCUT2D eigenvalue weighted by Crippen LogP contribution is -2.00. The number of ether oxygens (including phenoxy) is 1. The van der Waals surface area contributed by atoms with Crippen LogP contribution in [0.3, 0.4) is 0 Å². The summed E-state index contributed by atoms with van der Waals surface area (Å²) < 4.78 is 6.64. The summed E-state index contributed by atoms with van der Waals surface area (Å²) in [4.78, 5) is 11.4. The Kier molecular flexibility index (Phi) is 3.86. The number of carbonyl (C=O) groups excluding carboxylic acids is 1. The van der Waals surface area contributed by atoms with Gasteiger partial charge < -0.3 is 4.74 Å². The SMILES string of the molecule is Cn1cc(/C=C/C(=O)OCc2ccccc2)nn1. The molecule has 0 aliphatic rings. The number of aromatic nitrogens is 3. The summed E-state index contributed by atoms with van der Waals surface area (Å²) in [5.74, 6) is -0.399. The Bertz CT molecular complexity index is 546. The molecule has 0 unspecified atom stereocenters. The van der Waals surface area contributed by atoms with Crippen LogP contribution in [-0.4, -0.2) is 21.0 Å². The summed E-state index contributed by atoms with van der Waals surface area (Å²) in [5.41, 5.74) is 1.58. The number of aryl methyl sites for hydroxylation is 1. The minimum absolute atomic E-state index is 0.268. The summed E-state index contributed by atoms with van der Waals surface area (Å²) in [6, 6.07) is 9.52. The van der Waals surface area contributed by atoms with Crippen molar-refractivity contribution in [1.82, 2.24) is 15.0 Å². The molecule has 0 amide bonds. The summed E-state index contributed by atoms with van der Waals surface area (Å²) in [7, 11) is 1.76. The van der Waals surface area contributed by atoms with Gasteiger partial charge in [0.2, 0.25) is 0 Å². The van der Waals surface area contributed by atoms with Crippen molar-refractivity contribution in [3.63, 3.8) is 0 Å². The summed E-state index contributed by atoms with van der Waals surface area (Å²) >= 11 is 0. The van der Waals surface area contributed by atoms with E-state index >= 15 is 0 Å². The van der Waals surface area contributed by atoms with Crippen molar-refractivity contribution in [3.05, 3.63) is 53.9 Å². The molecule has 2 rings (SSSR count). The normalized spacial score (nSPS) is 10.7. The van der Waals surface area contributed by atoms with Gasteiger partial charge in [-0.15, -0.1) is 5.10 Å². The molecule has 2 aromatic rings. The number of esters is 1. The molecule has 0 saturated heterocycles. The van der Waals surface area contributed by atoms with Crippen LogP contribution in [0.4, 0.5) is 0 Å². The van der Waals surface area contributed by atoms with Gasteiger partial charge in [0.15, 0.2) is 0 Å². The van der Waals surface area contributed by atoms with Crippen molar-refractivity contribution < 1.29 is 9.53 Å². The lowest BCUT2D eigenvalue weighted by atomic mass is 10.2. The van der Waals surface area contributed by atoms with Gasteiger partial charge >= 0.3 is 5.97 Å². The molecule has 0 radical (unpaired) electrons. The van der Waals surface area contributed by atoms with E-state index in [4.69, 9.17) is 4.74 Å². The number of benzene rings is 1. The van der Waals surface area contributed by atoms with Crippen LogP contribution in [0.5, 0.6) is 0 Å². The van der Waals surface area contributed by atoms with E-state index in [-0.39, 0.29) is 6.61 Å². The molecule has 0 N–H and O–H groups in total. The molecule has 18 heavy (non-hydrogen) atoms. The van der Waals surface area contributed by atoms with E-state index in [1.165, 1.54) is 6.08 Å². The highest BCUT2D eigenvalue weighted by Gasteiger charge is 1.99. The third-order valence-electron chi connectivity index (χ3n) is 2.23. The standard InChI is InChI=1S/C13H13N3O2/c1-16-9-12(14-15-16)7-8-13(17)18-10-11-5-3-2-4-6-11/h2-9H,10H2,1H3/b8-7+. The smallest absolute Gasteiger partial charge is 0.331 e. The second-order valence-corrected chi connectivity index (χ2v) is 3.74. The van der Waals surface area contributed by atoms with Crippen LogP contribution in [0, 0.1) is 0 Å². The molecule has 1 heterocycles. The van der Waals surface area contributed by atoms with Crippen LogP contribution >= 0.6 is 0 Å². The van der Waals surface area contributed by atoms with Crippen molar-refractivity contribution in [2.24, 2.45) is 7.05 Å². The zero-order valence-electron chi connectivity index (χ0n) is 9.98. The largest absolute Gasteiger partial charge is 0.458 e. The Hall–Kier alpha value is -2.43. The number of carbonyl (C=O) groups is 1. The van der Waals surface area contributed by atoms with Crippen LogP contribution in [-0.2, 0) is 23.2 Å². The predicted octanol–water partition coefficient (Wildman–Crippen LogP) is 1.57. The van der Waals surface area contributed by atoms with E-state index in [0.717, 1.165) is 5.56 Å². The molecule has 1 aromatic carbocycles. The monoisotopic (exact) mass is 243 g/mol. The average Bonchev–Trinajstić information content (AvgIpc) is 2.81. The highest BCUT2D eigenvalue weighted by molar-refractivity contribution is 5.86. The Balaban J connectivity index is 1.84. The number of hydrogen-bond acceptors (Lipinski definition) is 4. The minimum atomic E-state index is -0.399. The average molecular weight is 243 g/mol. The molecular weight excluding hydrogens is 230 g/mol. The van der Waals surface area contributed by atoms with Gasteiger partial charge in [0, 0.05) is 13.1 Å². The molecular formula is C13H13N3O2.